The second kappa shape index (κ2) is 8.41. The smallest absolute Gasteiger partial charge is 0.233 e. The van der Waals surface area contributed by atoms with Crippen LogP contribution in [0.3, 0.4) is 0 Å². The molecule has 0 saturated heterocycles. The summed E-state index contributed by atoms with van der Waals surface area (Å²) in [4.78, 5) is 8.97. The van der Waals surface area contributed by atoms with Crippen LogP contribution in [0.2, 0.25) is 0 Å². The summed E-state index contributed by atoms with van der Waals surface area (Å²) < 4.78 is 32.0. The van der Waals surface area contributed by atoms with E-state index in [0.717, 1.165) is 5.56 Å². The number of benzene rings is 2. The molecular weight excluding hydrogens is 380 g/mol. The molecule has 0 radical (unpaired) electrons. The van der Waals surface area contributed by atoms with Crippen LogP contribution in [-0.2, 0) is 16.4 Å². The minimum atomic E-state index is -3.55. The molecule has 0 spiro atoms. The van der Waals surface area contributed by atoms with Gasteiger partial charge in [-0.25, -0.2) is 18.4 Å². The number of nitrogens with one attached hydrogen (secondary N) is 2. The molecule has 0 bridgehead atoms. The van der Waals surface area contributed by atoms with E-state index in [0.29, 0.717) is 28.9 Å². The fraction of sp³-hybridized carbons (Fsp3) is 0.263. The van der Waals surface area contributed by atoms with Crippen LogP contribution in [0.1, 0.15) is 12.5 Å². The first kappa shape index (κ1) is 19.8. The highest BCUT2D eigenvalue weighted by atomic mass is 32.2. The van der Waals surface area contributed by atoms with Crippen LogP contribution in [0.15, 0.2) is 42.5 Å². The average molecular weight is 402 g/mol. The van der Waals surface area contributed by atoms with Crippen LogP contribution in [-0.4, -0.2) is 43.0 Å². The van der Waals surface area contributed by atoms with Crippen molar-refractivity contribution >= 4 is 38.4 Å². The van der Waals surface area contributed by atoms with Gasteiger partial charge in [-0.15, -0.1) is 0 Å². The predicted molar refractivity (Wildman–Crippen MR) is 110 cm³/mol. The van der Waals surface area contributed by atoms with E-state index < -0.39 is 10.0 Å². The van der Waals surface area contributed by atoms with E-state index in [1.165, 1.54) is 0 Å². The van der Waals surface area contributed by atoms with Crippen molar-refractivity contribution in [3.63, 3.8) is 0 Å². The topological polar surface area (TPSA) is 113 Å². The maximum absolute atomic E-state index is 12.1. The Balaban J connectivity index is 2.11. The van der Waals surface area contributed by atoms with Crippen molar-refractivity contribution in [2.75, 3.05) is 29.5 Å². The molecule has 0 aliphatic rings. The van der Waals surface area contributed by atoms with Crippen molar-refractivity contribution in [1.29, 1.82) is 0 Å². The van der Waals surface area contributed by atoms with Gasteiger partial charge in [0.25, 0.3) is 0 Å². The van der Waals surface area contributed by atoms with Gasteiger partial charge in [0.1, 0.15) is 5.75 Å². The zero-order chi connectivity index (χ0) is 20.1. The van der Waals surface area contributed by atoms with Gasteiger partial charge in [0.2, 0.25) is 10.0 Å². The molecule has 148 valence electrons. The molecule has 8 nitrogen and oxygen atoms in total. The van der Waals surface area contributed by atoms with E-state index in [-0.39, 0.29) is 24.0 Å². The number of para-hydroxylation sites is 2. The number of aliphatic hydroxyl groups is 1. The first-order valence-corrected chi connectivity index (χ1v) is 10.4. The van der Waals surface area contributed by atoms with Crippen molar-refractivity contribution in [2.45, 2.75) is 13.3 Å². The van der Waals surface area contributed by atoms with Crippen LogP contribution in [0.5, 0.6) is 5.75 Å². The summed E-state index contributed by atoms with van der Waals surface area (Å²) in [7, 11) is -1.99. The third-order valence-corrected chi connectivity index (χ3v) is 5.42. The minimum absolute atomic E-state index is 0.0280. The van der Waals surface area contributed by atoms with Gasteiger partial charge in [-0.3, -0.25) is 4.72 Å². The van der Waals surface area contributed by atoms with E-state index in [2.05, 4.69) is 20.0 Å². The molecule has 0 amide bonds. The summed E-state index contributed by atoms with van der Waals surface area (Å²) in [5.74, 6) is 0.908. The lowest BCUT2D eigenvalue weighted by molar-refractivity contribution is 0.299. The lowest BCUT2D eigenvalue weighted by Gasteiger charge is -2.16. The molecule has 2 aromatic carbocycles. The Bertz CT molecular complexity index is 1090. The third-order valence-electron chi connectivity index (χ3n) is 4.15. The lowest BCUT2D eigenvalue weighted by atomic mass is 10.1. The summed E-state index contributed by atoms with van der Waals surface area (Å²) >= 11 is 0. The van der Waals surface area contributed by atoms with Gasteiger partial charge in [-0.05, 0) is 37.1 Å². The summed E-state index contributed by atoms with van der Waals surface area (Å²) in [6.45, 7) is 1.52. The van der Waals surface area contributed by atoms with Gasteiger partial charge in [0.05, 0.1) is 23.9 Å². The van der Waals surface area contributed by atoms with Gasteiger partial charge in [0.15, 0.2) is 11.6 Å². The zero-order valence-electron chi connectivity index (χ0n) is 15.6. The summed E-state index contributed by atoms with van der Waals surface area (Å²) in [5.41, 5.74) is 2.68. The number of hydrogen-bond acceptors (Lipinski definition) is 7. The monoisotopic (exact) mass is 402 g/mol. The van der Waals surface area contributed by atoms with Crippen molar-refractivity contribution in [3.8, 4) is 5.75 Å². The van der Waals surface area contributed by atoms with Crippen LogP contribution < -0.4 is 14.8 Å². The van der Waals surface area contributed by atoms with Gasteiger partial charge in [0, 0.05) is 18.4 Å². The lowest BCUT2D eigenvalue weighted by Crippen LogP contribution is -2.17. The maximum atomic E-state index is 12.1. The largest absolute Gasteiger partial charge is 0.497 e. The molecule has 0 unspecified atom stereocenters. The molecule has 0 saturated carbocycles. The molecule has 3 aromatic rings. The first-order valence-electron chi connectivity index (χ1n) is 8.78. The van der Waals surface area contributed by atoms with E-state index in [9.17, 15) is 13.5 Å². The molecule has 9 heteroatoms. The number of methoxy groups -OCH3 is 1. The highest BCUT2D eigenvalue weighted by molar-refractivity contribution is 7.92. The molecule has 0 atom stereocenters. The third kappa shape index (κ3) is 4.49. The van der Waals surface area contributed by atoms with Crippen molar-refractivity contribution in [2.24, 2.45) is 0 Å². The molecule has 1 heterocycles. The number of rotatable bonds is 8. The Morgan fingerprint density at radius 1 is 1.07 bits per heavy atom. The van der Waals surface area contributed by atoms with Crippen LogP contribution in [0.25, 0.3) is 11.0 Å². The maximum Gasteiger partial charge on any atom is 0.233 e. The first-order chi connectivity index (χ1) is 13.5. The number of aliphatic hydroxyl groups excluding tert-OH is 1. The molecule has 0 aliphatic carbocycles. The summed E-state index contributed by atoms with van der Waals surface area (Å²) in [6.07, 6.45) is 0.420. The molecule has 1 aromatic heterocycles. The molecule has 0 fully saturated rings. The molecule has 3 N–H and O–H groups in total. The number of fused-ring (bicyclic) bond motifs is 1. The quantitative estimate of drug-likeness (QED) is 0.531. The Morgan fingerprint density at radius 2 is 1.75 bits per heavy atom. The summed E-state index contributed by atoms with van der Waals surface area (Å²) in [5, 5.41) is 12.5. The highest BCUT2D eigenvalue weighted by Crippen LogP contribution is 2.30. The Morgan fingerprint density at radius 3 is 2.36 bits per heavy atom. The van der Waals surface area contributed by atoms with E-state index in [1.807, 2.05) is 18.2 Å². The molecule has 0 aliphatic heterocycles. The Hall–Kier alpha value is -2.91. The zero-order valence-corrected chi connectivity index (χ0v) is 16.5. The van der Waals surface area contributed by atoms with Gasteiger partial charge < -0.3 is 15.2 Å². The fourth-order valence-electron chi connectivity index (χ4n) is 2.64. The van der Waals surface area contributed by atoms with Gasteiger partial charge in [-0.1, -0.05) is 18.2 Å². The van der Waals surface area contributed by atoms with Crippen molar-refractivity contribution in [1.82, 2.24) is 9.97 Å². The summed E-state index contributed by atoms with van der Waals surface area (Å²) in [6, 6.07) is 12.6. The van der Waals surface area contributed by atoms with Crippen LogP contribution in [0, 0.1) is 0 Å². The SMILES string of the molecule is CCS(=O)(=O)Nc1nc2ccccc2nc1Nc1cc(OC)ccc1CCO. The second-order valence-corrected chi connectivity index (χ2v) is 8.05. The minimum Gasteiger partial charge on any atom is -0.497 e. The van der Waals surface area contributed by atoms with E-state index in [1.54, 1.807) is 38.3 Å². The number of hydrogen-bond donors (Lipinski definition) is 3. The Labute approximate surface area is 163 Å². The number of nitrogens with zero attached hydrogens (tertiary/aromatic N) is 2. The van der Waals surface area contributed by atoms with Crippen molar-refractivity contribution in [3.05, 3.63) is 48.0 Å². The number of sulfonamides is 1. The average Bonchev–Trinajstić information content (AvgIpc) is 2.69. The number of aromatic nitrogens is 2. The molecule has 28 heavy (non-hydrogen) atoms. The van der Waals surface area contributed by atoms with E-state index in [4.69, 9.17) is 4.74 Å². The number of anilines is 3. The molecular formula is C19H22N4O4S. The van der Waals surface area contributed by atoms with Gasteiger partial charge >= 0.3 is 0 Å². The van der Waals surface area contributed by atoms with Crippen LogP contribution in [0.4, 0.5) is 17.3 Å². The number of ether oxygens (including phenoxy) is 1. The second-order valence-electron chi connectivity index (χ2n) is 6.04. The van der Waals surface area contributed by atoms with E-state index >= 15 is 0 Å². The van der Waals surface area contributed by atoms with Crippen molar-refractivity contribution < 1.29 is 18.3 Å². The Kier molecular flexibility index (Phi) is 5.96. The standard InChI is InChI=1S/C19H22N4O4S/c1-3-28(25,26)23-19-18(20-15-6-4-5-7-16(15)21-19)22-17-12-14(27-2)9-8-13(17)10-11-24/h4-9,12,24H,3,10-11H2,1-2H3,(H,20,22)(H,21,23). The molecule has 3 rings (SSSR count). The fourth-order valence-corrected chi connectivity index (χ4v) is 3.22. The van der Waals surface area contributed by atoms with Gasteiger partial charge in [-0.2, -0.15) is 0 Å². The normalized spacial score (nSPS) is 11.4. The van der Waals surface area contributed by atoms with Crippen LogP contribution >= 0.6 is 0 Å². The predicted octanol–water partition coefficient (Wildman–Crippen LogP) is 2.68. The highest BCUT2D eigenvalue weighted by Gasteiger charge is 2.16.